The van der Waals surface area contributed by atoms with Gasteiger partial charge >= 0.3 is 0 Å². The van der Waals surface area contributed by atoms with Crippen molar-refractivity contribution in [1.82, 2.24) is 0 Å². The third kappa shape index (κ3) is 2.71. The molecular weight excluding hydrogens is 158 g/mol. The van der Waals surface area contributed by atoms with E-state index in [1.807, 2.05) is 0 Å². The van der Waals surface area contributed by atoms with Crippen LogP contribution in [0.15, 0.2) is 24.3 Å². The first-order valence-electron chi connectivity index (χ1n) is 4.68. The van der Waals surface area contributed by atoms with Gasteiger partial charge in [-0.15, -0.1) is 0 Å². The van der Waals surface area contributed by atoms with Crippen LogP contribution in [-0.2, 0) is 0 Å². The summed E-state index contributed by atoms with van der Waals surface area (Å²) in [6.45, 7) is 4.99. The summed E-state index contributed by atoms with van der Waals surface area (Å²) < 4.78 is 0. The SMILES string of the molecule is Cc1cccc(C)c1C=CCCN. The Balaban J connectivity index is 2.87. The molecule has 1 rings (SSSR count). The van der Waals surface area contributed by atoms with Gasteiger partial charge in [0.2, 0.25) is 0 Å². The monoisotopic (exact) mass is 175 g/mol. The third-order valence-electron chi connectivity index (χ3n) is 2.16. The molecule has 0 spiro atoms. The van der Waals surface area contributed by atoms with Gasteiger partial charge < -0.3 is 5.73 Å². The van der Waals surface area contributed by atoms with Gasteiger partial charge in [-0.3, -0.25) is 0 Å². The lowest BCUT2D eigenvalue weighted by Gasteiger charge is -2.03. The van der Waals surface area contributed by atoms with Crippen molar-refractivity contribution >= 4 is 6.08 Å². The van der Waals surface area contributed by atoms with E-state index >= 15 is 0 Å². The number of benzene rings is 1. The molecule has 0 unspecified atom stereocenters. The van der Waals surface area contributed by atoms with Crippen LogP contribution < -0.4 is 5.73 Å². The lowest BCUT2D eigenvalue weighted by atomic mass is 10.0. The predicted molar refractivity (Wildman–Crippen MR) is 58.6 cm³/mol. The summed E-state index contributed by atoms with van der Waals surface area (Å²) in [5.41, 5.74) is 9.40. The molecule has 70 valence electrons. The highest BCUT2D eigenvalue weighted by Crippen LogP contribution is 2.14. The summed E-state index contributed by atoms with van der Waals surface area (Å²) in [6, 6.07) is 6.36. The van der Waals surface area contributed by atoms with E-state index in [1.54, 1.807) is 0 Å². The lowest BCUT2D eigenvalue weighted by Crippen LogP contribution is -1.95. The van der Waals surface area contributed by atoms with Crippen molar-refractivity contribution in [2.75, 3.05) is 6.54 Å². The van der Waals surface area contributed by atoms with Gasteiger partial charge in [-0.1, -0.05) is 30.4 Å². The molecule has 1 heteroatoms. The fraction of sp³-hybridized carbons (Fsp3) is 0.333. The molecule has 0 aliphatic carbocycles. The second-order valence-corrected chi connectivity index (χ2v) is 3.29. The molecule has 0 bridgehead atoms. The van der Waals surface area contributed by atoms with Crippen LogP contribution in [0.2, 0.25) is 0 Å². The van der Waals surface area contributed by atoms with Gasteiger partial charge in [0.15, 0.2) is 0 Å². The number of hydrogen-bond donors (Lipinski definition) is 1. The number of hydrogen-bond acceptors (Lipinski definition) is 1. The number of aryl methyl sites for hydroxylation is 2. The normalized spacial score (nSPS) is 11.0. The summed E-state index contributed by atoms with van der Waals surface area (Å²) in [6.07, 6.45) is 5.25. The van der Waals surface area contributed by atoms with E-state index in [9.17, 15) is 0 Å². The van der Waals surface area contributed by atoms with Crippen LogP contribution >= 0.6 is 0 Å². The fourth-order valence-corrected chi connectivity index (χ4v) is 1.39. The van der Waals surface area contributed by atoms with Crippen LogP contribution in [0.5, 0.6) is 0 Å². The molecule has 2 N–H and O–H groups in total. The Bertz CT molecular complexity index is 280. The van der Waals surface area contributed by atoms with Crippen molar-refractivity contribution in [3.63, 3.8) is 0 Å². The molecule has 1 nitrogen and oxygen atoms in total. The topological polar surface area (TPSA) is 26.0 Å². The number of rotatable bonds is 3. The molecule has 0 saturated heterocycles. The van der Waals surface area contributed by atoms with Crippen LogP contribution in [0.4, 0.5) is 0 Å². The van der Waals surface area contributed by atoms with Gasteiger partial charge in [0.05, 0.1) is 0 Å². The van der Waals surface area contributed by atoms with Crippen LogP contribution in [0.3, 0.4) is 0 Å². The summed E-state index contributed by atoms with van der Waals surface area (Å²) in [7, 11) is 0. The number of nitrogens with two attached hydrogens (primary N) is 1. The van der Waals surface area contributed by atoms with Crippen LogP contribution in [0, 0.1) is 13.8 Å². The molecule has 0 fully saturated rings. The molecule has 0 heterocycles. The smallest absolute Gasteiger partial charge is 0.00425 e. The summed E-state index contributed by atoms with van der Waals surface area (Å²) in [4.78, 5) is 0. The molecule has 0 amide bonds. The second-order valence-electron chi connectivity index (χ2n) is 3.29. The third-order valence-corrected chi connectivity index (χ3v) is 2.16. The van der Waals surface area contributed by atoms with E-state index in [-0.39, 0.29) is 0 Å². The van der Waals surface area contributed by atoms with E-state index in [0.717, 1.165) is 13.0 Å². The van der Waals surface area contributed by atoms with Gasteiger partial charge in [0.1, 0.15) is 0 Å². The average molecular weight is 175 g/mol. The van der Waals surface area contributed by atoms with Gasteiger partial charge in [-0.05, 0) is 43.5 Å². The Labute approximate surface area is 80.3 Å². The van der Waals surface area contributed by atoms with E-state index < -0.39 is 0 Å². The molecule has 0 aromatic heterocycles. The summed E-state index contributed by atoms with van der Waals surface area (Å²) in [5.74, 6) is 0. The van der Waals surface area contributed by atoms with Crippen molar-refractivity contribution in [3.05, 3.63) is 41.0 Å². The Kier molecular flexibility index (Phi) is 3.71. The second kappa shape index (κ2) is 4.83. The molecule has 0 saturated carbocycles. The minimum atomic E-state index is 0.724. The quantitative estimate of drug-likeness (QED) is 0.751. The van der Waals surface area contributed by atoms with Crippen LogP contribution in [-0.4, -0.2) is 6.54 Å². The first-order valence-corrected chi connectivity index (χ1v) is 4.68. The highest BCUT2D eigenvalue weighted by molar-refractivity contribution is 5.57. The molecule has 0 aliphatic rings. The summed E-state index contributed by atoms with van der Waals surface area (Å²) >= 11 is 0. The molecule has 0 radical (unpaired) electrons. The van der Waals surface area contributed by atoms with E-state index in [2.05, 4.69) is 44.2 Å². The first kappa shape index (κ1) is 10.0. The van der Waals surface area contributed by atoms with Crippen LogP contribution in [0.1, 0.15) is 23.1 Å². The zero-order valence-electron chi connectivity index (χ0n) is 8.38. The van der Waals surface area contributed by atoms with Crippen molar-refractivity contribution < 1.29 is 0 Å². The van der Waals surface area contributed by atoms with E-state index in [0.29, 0.717) is 0 Å². The highest BCUT2D eigenvalue weighted by Gasteiger charge is 1.95. The predicted octanol–water partition coefficient (Wildman–Crippen LogP) is 2.67. The fourth-order valence-electron chi connectivity index (χ4n) is 1.39. The molecule has 1 aromatic carbocycles. The Hall–Kier alpha value is -1.08. The van der Waals surface area contributed by atoms with Gasteiger partial charge in [0, 0.05) is 0 Å². The Morgan fingerprint density at radius 3 is 2.38 bits per heavy atom. The largest absolute Gasteiger partial charge is 0.330 e. The average Bonchev–Trinajstić information content (AvgIpc) is 2.10. The minimum absolute atomic E-state index is 0.724. The molecule has 1 aromatic rings. The maximum atomic E-state index is 5.42. The van der Waals surface area contributed by atoms with Crippen molar-refractivity contribution in [3.8, 4) is 0 Å². The van der Waals surface area contributed by atoms with Crippen molar-refractivity contribution in [2.45, 2.75) is 20.3 Å². The zero-order valence-corrected chi connectivity index (χ0v) is 8.38. The van der Waals surface area contributed by atoms with Crippen molar-refractivity contribution in [1.29, 1.82) is 0 Å². The zero-order chi connectivity index (χ0) is 9.68. The Morgan fingerprint density at radius 2 is 1.85 bits per heavy atom. The maximum Gasteiger partial charge on any atom is -0.00425 e. The Morgan fingerprint density at radius 1 is 1.23 bits per heavy atom. The maximum absolute atomic E-state index is 5.42. The van der Waals surface area contributed by atoms with Crippen LogP contribution in [0.25, 0.3) is 6.08 Å². The summed E-state index contributed by atoms with van der Waals surface area (Å²) in [5, 5.41) is 0. The molecule has 0 aliphatic heterocycles. The van der Waals surface area contributed by atoms with Gasteiger partial charge in [-0.25, -0.2) is 0 Å². The first-order chi connectivity index (χ1) is 6.25. The van der Waals surface area contributed by atoms with Gasteiger partial charge in [-0.2, -0.15) is 0 Å². The lowest BCUT2D eigenvalue weighted by molar-refractivity contribution is 1.01. The standard InChI is InChI=1S/C12H17N/c1-10-6-5-7-11(2)12(10)8-3-4-9-13/h3,5-8H,4,9,13H2,1-2H3. The molecular formula is C12H17N. The van der Waals surface area contributed by atoms with Gasteiger partial charge in [0.25, 0.3) is 0 Å². The minimum Gasteiger partial charge on any atom is -0.330 e. The van der Waals surface area contributed by atoms with E-state index in [1.165, 1.54) is 16.7 Å². The highest BCUT2D eigenvalue weighted by atomic mass is 14.5. The van der Waals surface area contributed by atoms with E-state index in [4.69, 9.17) is 5.73 Å². The molecule has 0 atom stereocenters. The molecule has 13 heavy (non-hydrogen) atoms. The van der Waals surface area contributed by atoms with Crippen molar-refractivity contribution in [2.24, 2.45) is 5.73 Å².